The van der Waals surface area contributed by atoms with E-state index < -0.39 is 0 Å². The number of nitrogens with one attached hydrogen (secondary N) is 1. The number of nitrogens with zero attached hydrogens (tertiary/aromatic N) is 1. The van der Waals surface area contributed by atoms with Crippen LogP contribution in [0.4, 0.5) is 0 Å². The van der Waals surface area contributed by atoms with E-state index in [9.17, 15) is 4.79 Å². The van der Waals surface area contributed by atoms with Gasteiger partial charge in [-0.15, -0.1) is 0 Å². The molecule has 0 spiro atoms. The van der Waals surface area contributed by atoms with E-state index in [1.807, 2.05) is 16.7 Å². The number of amides is 1. The predicted octanol–water partition coefficient (Wildman–Crippen LogP) is 0.661. The van der Waals surface area contributed by atoms with Gasteiger partial charge in [-0.1, -0.05) is 6.42 Å². The molecule has 2 saturated heterocycles. The van der Waals surface area contributed by atoms with Crippen LogP contribution in [-0.2, 0) is 4.79 Å². The van der Waals surface area contributed by atoms with Crippen LogP contribution in [0.25, 0.3) is 0 Å². The van der Waals surface area contributed by atoms with Crippen molar-refractivity contribution in [1.29, 1.82) is 0 Å². The van der Waals surface area contributed by atoms with Crippen molar-refractivity contribution in [3.8, 4) is 0 Å². The third-order valence-corrected chi connectivity index (χ3v) is 4.01. The number of hydrogen-bond acceptors (Lipinski definition) is 3. The van der Waals surface area contributed by atoms with E-state index >= 15 is 0 Å². The van der Waals surface area contributed by atoms with Gasteiger partial charge in [-0.2, -0.15) is 11.8 Å². The Hall–Kier alpha value is -0.220. The van der Waals surface area contributed by atoms with Crippen LogP contribution in [0.2, 0.25) is 0 Å². The Balaban J connectivity index is 1.79. The lowest BCUT2D eigenvalue weighted by Gasteiger charge is -2.25. The first-order chi connectivity index (χ1) is 6.36. The van der Waals surface area contributed by atoms with Gasteiger partial charge in [0, 0.05) is 11.8 Å². The summed E-state index contributed by atoms with van der Waals surface area (Å²) < 4.78 is 0. The molecule has 0 bridgehead atoms. The molecule has 2 rings (SSSR count). The molecule has 1 N–H and O–H groups in total. The summed E-state index contributed by atoms with van der Waals surface area (Å²) in [6, 6.07) is 0. The molecule has 3 nitrogen and oxygen atoms in total. The van der Waals surface area contributed by atoms with Gasteiger partial charge in [0.25, 0.3) is 0 Å². The normalized spacial score (nSPS) is 29.7. The molecule has 1 atom stereocenters. The summed E-state index contributed by atoms with van der Waals surface area (Å²) in [5, 5.41) is 3.77. The molecule has 0 aromatic heterocycles. The van der Waals surface area contributed by atoms with Gasteiger partial charge in [-0.05, 0) is 18.6 Å². The summed E-state index contributed by atoms with van der Waals surface area (Å²) in [6.45, 7) is 2.25. The zero-order valence-electron chi connectivity index (χ0n) is 7.79. The highest BCUT2D eigenvalue weighted by Crippen LogP contribution is 2.25. The summed E-state index contributed by atoms with van der Waals surface area (Å²) in [6.07, 6.45) is 3.98. The van der Waals surface area contributed by atoms with Crippen molar-refractivity contribution in [3.63, 3.8) is 0 Å². The quantitative estimate of drug-likeness (QED) is 0.711. The topological polar surface area (TPSA) is 32.3 Å². The third kappa shape index (κ3) is 2.38. The first kappa shape index (κ1) is 9.34. The van der Waals surface area contributed by atoms with Crippen molar-refractivity contribution in [3.05, 3.63) is 0 Å². The Morgan fingerprint density at radius 1 is 1.54 bits per heavy atom. The van der Waals surface area contributed by atoms with Crippen molar-refractivity contribution in [2.24, 2.45) is 0 Å². The maximum absolute atomic E-state index is 11.3. The lowest BCUT2D eigenvalue weighted by atomic mass is 10.2. The predicted molar refractivity (Wildman–Crippen MR) is 54.7 cm³/mol. The van der Waals surface area contributed by atoms with Crippen LogP contribution in [-0.4, -0.2) is 41.6 Å². The molecular formula is C9H16N2OS. The fourth-order valence-corrected chi connectivity index (χ4v) is 3.18. The largest absolute Gasteiger partial charge is 0.328 e. The van der Waals surface area contributed by atoms with E-state index in [2.05, 4.69) is 5.32 Å². The molecule has 1 amide bonds. The molecule has 0 saturated carbocycles. The molecule has 0 aliphatic carbocycles. The zero-order valence-corrected chi connectivity index (χ0v) is 8.61. The number of carbonyl (C=O) groups excluding carboxylic acids is 1. The zero-order chi connectivity index (χ0) is 9.10. The monoisotopic (exact) mass is 200 g/mol. The molecule has 13 heavy (non-hydrogen) atoms. The molecule has 2 aliphatic heterocycles. The van der Waals surface area contributed by atoms with Crippen molar-refractivity contribution in [2.75, 3.05) is 25.5 Å². The maximum atomic E-state index is 11.3. The number of hydrogen-bond donors (Lipinski definition) is 1. The van der Waals surface area contributed by atoms with Crippen molar-refractivity contribution < 1.29 is 4.79 Å². The first-order valence-corrected chi connectivity index (χ1v) is 6.01. The van der Waals surface area contributed by atoms with Gasteiger partial charge in [-0.3, -0.25) is 10.1 Å². The van der Waals surface area contributed by atoms with E-state index in [4.69, 9.17) is 0 Å². The van der Waals surface area contributed by atoms with Crippen LogP contribution in [0.3, 0.4) is 0 Å². The third-order valence-electron chi connectivity index (χ3n) is 2.63. The fourth-order valence-electron chi connectivity index (χ4n) is 1.86. The van der Waals surface area contributed by atoms with Crippen LogP contribution in [0.15, 0.2) is 0 Å². The second kappa shape index (κ2) is 4.33. The molecule has 74 valence electrons. The van der Waals surface area contributed by atoms with Gasteiger partial charge in [0.2, 0.25) is 5.91 Å². The van der Waals surface area contributed by atoms with E-state index in [1.54, 1.807) is 0 Å². The Morgan fingerprint density at radius 3 is 3.08 bits per heavy atom. The Morgan fingerprint density at radius 2 is 2.46 bits per heavy atom. The van der Waals surface area contributed by atoms with Gasteiger partial charge in [-0.25, -0.2) is 0 Å². The van der Waals surface area contributed by atoms with Gasteiger partial charge < -0.3 is 4.90 Å². The Labute approximate surface area is 83.2 Å². The lowest BCUT2D eigenvalue weighted by molar-refractivity contribution is -0.126. The highest BCUT2D eigenvalue weighted by molar-refractivity contribution is 7.99. The number of rotatable bonds is 2. The molecule has 4 heteroatoms. The van der Waals surface area contributed by atoms with Crippen LogP contribution in [0.1, 0.15) is 19.3 Å². The summed E-state index contributed by atoms with van der Waals surface area (Å²) in [5.41, 5.74) is 0. The molecule has 2 fully saturated rings. The fraction of sp³-hybridized carbons (Fsp3) is 0.889. The average Bonchev–Trinajstić information content (AvgIpc) is 2.54. The number of carbonyl (C=O) groups is 1. The SMILES string of the molecule is O=C1CNCN1CC1CCCCS1. The van der Waals surface area contributed by atoms with Gasteiger partial charge in [0.15, 0.2) is 0 Å². The molecule has 0 aromatic rings. The van der Waals surface area contributed by atoms with Crippen molar-refractivity contribution >= 4 is 17.7 Å². The van der Waals surface area contributed by atoms with E-state index in [-0.39, 0.29) is 5.91 Å². The van der Waals surface area contributed by atoms with Gasteiger partial charge in [0.1, 0.15) is 0 Å². The van der Waals surface area contributed by atoms with Gasteiger partial charge >= 0.3 is 0 Å². The van der Waals surface area contributed by atoms with E-state index in [1.165, 1.54) is 25.0 Å². The first-order valence-electron chi connectivity index (χ1n) is 4.96. The van der Waals surface area contributed by atoms with Crippen LogP contribution >= 0.6 is 11.8 Å². The van der Waals surface area contributed by atoms with Crippen LogP contribution < -0.4 is 5.32 Å². The Kier molecular flexibility index (Phi) is 3.11. The molecule has 2 heterocycles. The molecule has 2 aliphatic rings. The summed E-state index contributed by atoms with van der Waals surface area (Å²) in [5.74, 6) is 1.55. The summed E-state index contributed by atoms with van der Waals surface area (Å²) in [7, 11) is 0. The molecule has 0 radical (unpaired) electrons. The smallest absolute Gasteiger partial charge is 0.237 e. The minimum absolute atomic E-state index is 0.270. The van der Waals surface area contributed by atoms with Crippen LogP contribution in [0.5, 0.6) is 0 Å². The van der Waals surface area contributed by atoms with Crippen LogP contribution in [0, 0.1) is 0 Å². The van der Waals surface area contributed by atoms with Crippen molar-refractivity contribution in [2.45, 2.75) is 24.5 Å². The summed E-state index contributed by atoms with van der Waals surface area (Å²) >= 11 is 2.03. The van der Waals surface area contributed by atoms with E-state index in [0.29, 0.717) is 11.8 Å². The molecule has 0 aromatic carbocycles. The van der Waals surface area contributed by atoms with E-state index in [0.717, 1.165) is 13.2 Å². The standard InChI is InChI=1S/C9H16N2OS/c12-9-5-10-7-11(9)6-8-3-1-2-4-13-8/h8,10H,1-7H2. The average molecular weight is 200 g/mol. The minimum Gasteiger partial charge on any atom is -0.328 e. The van der Waals surface area contributed by atoms with Crippen molar-refractivity contribution in [1.82, 2.24) is 10.2 Å². The molecular weight excluding hydrogens is 184 g/mol. The molecule has 1 unspecified atom stereocenters. The summed E-state index contributed by atoms with van der Waals surface area (Å²) in [4.78, 5) is 13.2. The maximum Gasteiger partial charge on any atom is 0.237 e. The second-order valence-corrected chi connectivity index (χ2v) is 5.10. The Bertz CT molecular complexity index is 192. The lowest BCUT2D eigenvalue weighted by Crippen LogP contribution is -2.34. The highest BCUT2D eigenvalue weighted by atomic mass is 32.2. The highest BCUT2D eigenvalue weighted by Gasteiger charge is 2.24. The minimum atomic E-state index is 0.270. The van der Waals surface area contributed by atoms with Gasteiger partial charge in [0.05, 0.1) is 13.2 Å². The second-order valence-electron chi connectivity index (χ2n) is 3.69. The number of thioether (sulfide) groups is 1.